The van der Waals surface area contributed by atoms with Crippen LogP contribution in [0.15, 0.2) is 122 Å². The SMILES string of the molecule is CCOC(OCC)OCC.CCOC1N(c2ccc(C)cc2)c2nccnc2N1c1ccc(C)cc1.Cc1ccc(Nc2nccnc2Nc2ccc(C)cc2)cc1. The minimum atomic E-state index is -0.472. The number of hydrogen-bond donors (Lipinski definition) is 2. The lowest BCUT2D eigenvalue weighted by atomic mass is 10.2. The van der Waals surface area contributed by atoms with Crippen LogP contribution in [0, 0.1) is 27.7 Å². The highest BCUT2D eigenvalue weighted by molar-refractivity contribution is 5.82. The predicted molar refractivity (Wildman–Crippen MR) is 234 cm³/mol. The van der Waals surface area contributed by atoms with Crippen molar-refractivity contribution < 1.29 is 18.9 Å². The van der Waals surface area contributed by atoms with Crippen LogP contribution < -0.4 is 20.4 Å². The number of rotatable bonds is 14. The van der Waals surface area contributed by atoms with Gasteiger partial charge in [0.05, 0.1) is 0 Å². The van der Waals surface area contributed by atoms with Gasteiger partial charge in [0.2, 0.25) is 6.35 Å². The third-order valence-corrected chi connectivity index (χ3v) is 8.73. The molecule has 1 aliphatic rings. The third-order valence-electron chi connectivity index (χ3n) is 8.73. The summed E-state index contributed by atoms with van der Waals surface area (Å²) in [5.74, 6) is 3.00. The van der Waals surface area contributed by atoms with E-state index in [0.717, 1.165) is 34.4 Å². The van der Waals surface area contributed by atoms with Crippen molar-refractivity contribution in [2.45, 2.75) is 68.2 Å². The van der Waals surface area contributed by atoms with Crippen LogP contribution in [0.3, 0.4) is 0 Å². The molecule has 0 atom stereocenters. The Hall–Kier alpha value is -5.92. The first-order valence-electron chi connectivity index (χ1n) is 19.7. The fourth-order valence-corrected chi connectivity index (χ4v) is 5.82. The molecule has 7 rings (SSSR count). The molecule has 0 saturated carbocycles. The summed E-state index contributed by atoms with van der Waals surface area (Å²) >= 11 is 0. The monoisotopic (exact) mass is 784 g/mol. The van der Waals surface area contributed by atoms with Gasteiger partial charge in [0.15, 0.2) is 23.3 Å². The number of ether oxygens (including phenoxy) is 4. The highest BCUT2D eigenvalue weighted by atomic mass is 16.8. The van der Waals surface area contributed by atoms with Crippen LogP contribution in [0.1, 0.15) is 49.9 Å². The van der Waals surface area contributed by atoms with Crippen LogP contribution in [0.2, 0.25) is 0 Å². The van der Waals surface area contributed by atoms with Gasteiger partial charge in [-0.25, -0.2) is 19.9 Å². The zero-order valence-corrected chi connectivity index (χ0v) is 34.8. The van der Waals surface area contributed by atoms with Gasteiger partial charge < -0.3 is 29.6 Å². The van der Waals surface area contributed by atoms with Gasteiger partial charge in [-0.2, -0.15) is 0 Å². The van der Waals surface area contributed by atoms with Crippen LogP contribution >= 0.6 is 0 Å². The van der Waals surface area contributed by atoms with Gasteiger partial charge in [-0.1, -0.05) is 70.8 Å². The van der Waals surface area contributed by atoms with Crippen molar-refractivity contribution in [1.82, 2.24) is 19.9 Å². The molecule has 12 heteroatoms. The zero-order chi connectivity index (χ0) is 41.3. The fraction of sp³-hybridized carbons (Fsp3) is 0.304. The summed E-state index contributed by atoms with van der Waals surface area (Å²) in [6.45, 7) is 18.0. The number of anilines is 8. The first-order valence-corrected chi connectivity index (χ1v) is 19.7. The number of nitrogens with one attached hydrogen (secondary N) is 2. The number of fused-ring (bicyclic) bond motifs is 1. The Morgan fingerprint density at radius 2 is 0.793 bits per heavy atom. The molecule has 304 valence electrons. The summed E-state index contributed by atoms with van der Waals surface area (Å²) in [6, 6.07) is 33.1. The van der Waals surface area contributed by atoms with Crippen molar-refractivity contribution in [3.8, 4) is 0 Å². The predicted octanol–water partition coefficient (Wildman–Crippen LogP) is 10.7. The molecule has 0 amide bonds. The van der Waals surface area contributed by atoms with E-state index in [2.05, 4.69) is 141 Å². The van der Waals surface area contributed by atoms with Gasteiger partial charge in [0.25, 0.3) is 6.48 Å². The maximum atomic E-state index is 6.15. The molecule has 6 aromatic rings. The minimum Gasteiger partial charge on any atom is -0.340 e. The summed E-state index contributed by atoms with van der Waals surface area (Å²) in [5, 5.41) is 6.59. The summed E-state index contributed by atoms with van der Waals surface area (Å²) in [4.78, 5) is 22.2. The summed E-state index contributed by atoms with van der Waals surface area (Å²) in [7, 11) is 0. The molecule has 4 aromatic carbocycles. The average Bonchev–Trinajstić information content (AvgIpc) is 3.55. The Bertz CT molecular complexity index is 1950. The Balaban J connectivity index is 0.000000182. The second-order valence-corrected chi connectivity index (χ2v) is 13.3. The summed E-state index contributed by atoms with van der Waals surface area (Å²) in [5.41, 5.74) is 8.92. The van der Waals surface area contributed by atoms with Gasteiger partial charge in [-0.15, -0.1) is 0 Å². The number of benzene rings is 4. The van der Waals surface area contributed by atoms with Crippen LogP contribution in [-0.2, 0) is 18.9 Å². The van der Waals surface area contributed by atoms with E-state index < -0.39 is 6.48 Å². The molecule has 0 fully saturated rings. The molecule has 0 spiro atoms. The second-order valence-electron chi connectivity index (χ2n) is 13.3. The molecule has 0 radical (unpaired) electrons. The quantitative estimate of drug-likeness (QED) is 0.102. The number of aryl methyl sites for hydroxylation is 4. The number of nitrogens with zero attached hydrogens (tertiary/aromatic N) is 6. The molecule has 0 bridgehead atoms. The van der Waals surface area contributed by atoms with Gasteiger partial charge >= 0.3 is 0 Å². The molecule has 2 aromatic heterocycles. The molecular formula is C46H56N8O4. The third kappa shape index (κ3) is 12.0. The van der Waals surface area contributed by atoms with Crippen molar-refractivity contribution in [1.29, 1.82) is 0 Å². The highest BCUT2D eigenvalue weighted by Crippen LogP contribution is 2.45. The Kier molecular flexibility index (Phi) is 16.5. The first-order chi connectivity index (χ1) is 28.2. The van der Waals surface area contributed by atoms with E-state index in [1.807, 2.05) is 52.0 Å². The molecule has 0 unspecified atom stereocenters. The highest BCUT2D eigenvalue weighted by Gasteiger charge is 2.40. The topological polar surface area (TPSA) is 119 Å². The van der Waals surface area contributed by atoms with E-state index in [1.165, 1.54) is 22.3 Å². The molecule has 3 heterocycles. The van der Waals surface area contributed by atoms with Crippen LogP contribution in [0.5, 0.6) is 0 Å². The summed E-state index contributed by atoms with van der Waals surface area (Å²) in [6.07, 6.45) is 6.47. The molecule has 0 aliphatic carbocycles. The first kappa shape index (κ1) is 43.2. The van der Waals surface area contributed by atoms with Crippen molar-refractivity contribution in [2.75, 3.05) is 46.9 Å². The van der Waals surface area contributed by atoms with Gasteiger partial charge in [0, 0.05) is 74.0 Å². The number of aromatic nitrogens is 4. The van der Waals surface area contributed by atoms with E-state index in [9.17, 15) is 0 Å². The van der Waals surface area contributed by atoms with Gasteiger partial charge in [-0.3, -0.25) is 9.80 Å². The van der Waals surface area contributed by atoms with Crippen LogP contribution in [0.25, 0.3) is 0 Å². The van der Waals surface area contributed by atoms with Crippen molar-refractivity contribution in [3.05, 3.63) is 144 Å². The van der Waals surface area contributed by atoms with Crippen molar-refractivity contribution >= 4 is 46.0 Å². The average molecular weight is 785 g/mol. The Morgan fingerprint density at radius 1 is 0.466 bits per heavy atom. The maximum Gasteiger partial charge on any atom is 0.271 e. The summed E-state index contributed by atoms with van der Waals surface area (Å²) < 4.78 is 21.4. The Labute approximate surface area is 343 Å². The minimum absolute atomic E-state index is 0.331. The smallest absolute Gasteiger partial charge is 0.271 e. The maximum absolute atomic E-state index is 6.15. The molecular weight excluding hydrogens is 729 g/mol. The lowest BCUT2D eigenvalue weighted by molar-refractivity contribution is -0.282. The largest absolute Gasteiger partial charge is 0.340 e. The standard InChI is InChI=1S/C21H22N4O.C18H18N4.C7H16O3/c1-4-26-21-24(17-9-5-15(2)6-10-17)19-20(23-14-13-22-19)25(21)18-11-7-16(3)8-12-18;1-13-3-7-15(8-4-13)21-17-18(20-12-11-19-17)22-16-9-5-14(2)6-10-16;1-4-8-7(9-5-2)10-6-3/h5-14,21H,4H2,1-3H3;3-12H,1-2H3,(H,19,21)(H,20,22);7H,4-6H2,1-3H3. The van der Waals surface area contributed by atoms with Crippen LogP contribution in [-0.4, -0.2) is 59.2 Å². The van der Waals surface area contributed by atoms with E-state index >= 15 is 0 Å². The Morgan fingerprint density at radius 3 is 1.12 bits per heavy atom. The van der Waals surface area contributed by atoms with E-state index in [0.29, 0.717) is 38.1 Å². The lowest BCUT2D eigenvalue weighted by Gasteiger charge is -2.31. The normalized spacial score (nSPS) is 12.0. The molecule has 12 nitrogen and oxygen atoms in total. The van der Waals surface area contributed by atoms with E-state index in [4.69, 9.17) is 18.9 Å². The zero-order valence-electron chi connectivity index (χ0n) is 34.8. The van der Waals surface area contributed by atoms with E-state index in [-0.39, 0.29) is 6.35 Å². The van der Waals surface area contributed by atoms with Gasteiger partial charge in [0.1, 0.15) is 0 Å². The van der Waals surface area contributed by atoms with Crippen LogP contribution in [0.4, 0.5) is 46.0 Å². The number of hydrogen-bond acceptors (Lipinski definition) is 12. The molecule has 58 heavy (non-hydrogen) atoms. The van der Waals surface area contributed by atoms with E-state index in [1.54, 1.807) is 24.8 Å². The molecule has 2 N–H and O–H groups in total. The molecule has 0 saturated heterocycles. The van der Waals surface area contributed by atoms with Crippen molar-refractivity contribution in [2.24, 2.45) is 0 Å². The lowest BCUT2D eigenvalue weighted by Crippen LogP contribution is -2.40. The second kappa shape index (κ2) is 22.1. The fourth-order valence-electron chi connectivity index (χ4n) is 5.82. The van der Waals surface area contributed by atoms with Crippen molar-refractivity contribution in [3.63, 3.8) is 0 Å². The van der Waals surface area contributed by atoms with Gasteiger partial charge in [-0.05, 0) is 104 Å². The molecule has 1 aliphatic heterocycles.